The molecule has 0 radical (unpaired) electrons. The highest BCUT2D eigenvalue weighted by Gasteiger charge is 2.27. The van der Waals surface area contributed by atoms with Crippen LogP contribution in [0.2, 0.25) is 0 Å². The zero-order valence-corrected chi connectivity index (χ0v) is 19.8. The Morgan fingerprint density at radius 1 is 1.30 bits per heavy atom. The molecule has 4 aromatic rings. The molecule has 0 saturated heterocycles. The number of benzene rings is 1. The Bertz CT molecular complexity index is 1390. The number of amides is 1. The molecule has 0 fully saturated rings. The first-order valence-electron chi connectivity index (χ1n) is 10.8. The summed E-state index contributed by atoms with van der Waals surface area (Å²) in [4.78, 5) is 34.0. The van der Waals surface area contributed by atoms with Gasteiger partial charge in [-0.15, -0.1) is 17.9 Å². The minimum atomic E-state index is -0.375. The molecular formula is C25H23N3O3S2. The van der Waals surface area contributed by atoms with E-state index in [1.54, 1.807) is 23.0 Å². The van der Waals surface area contributed by atoms with E-state index < -0.39 is 0 Å². The minimum absolute atomic E-state index is 0.0523. The van der Waals surface area contributed by atoms with Gasteiger partial charge in [-0.2, -0.15) is 0 Å². The first kappa shape index (κ1) is 21.7. The lowest BCUT2D eigenvalue weighted by Crippen LogP contribution is -2.40. The first-order chi connectivity index (χ1) is 16.1. The van der Waals surface area contributed by atoms with Crippen molar-refractivity contribution in [3.8, 4) is 11.3 Å². The van der Waals surface area contributed by atoms with Gasteiger partial charge in [0.15, 0.2) is 5.16 Å². The number of aromatic nitrogens is 2. The summed E-state index contributed by atoms with van der Waals surface area (Å²) >= 11 is 2.73. The normalized spacial score (nSPS) is 14.3. The van der Waals surface area contributed by atoms with Crippen molar-refractivity contribution >= 4 is 39.2 Å². The minimum Gasteiger partial charge on any atom is -0.464 e. The maximum absolute atomic E-state index is 13.4. The summed E-state index contributed by atoms with van der Waals surface area (Å²) < 4.78 is 7.11. The van der Waals surface area contributed by atoms with E-state index in [9.17, 15) is 9.59 Å². The van der Waals surface area contributed by atoms with Crippen LogP contribution in [0, 0.1) is 0 Å². The molecule has 1 aliphatic heterocycles. The number of carbonyl (C=O) groups is 1. The van der Waals surface area contributed by atoms with E-state index in [4.69, 9.17) is 9.40 Å². The van der Waals surface area contributed by atoms with Crippen molar-refractivity contribution in [1.29, 1.82) is 0 Å². The van der Waals surface area contributed by atoms with E-state index in [0.29, 0.717) is 40.8 Å². The zero-order valence-electron chi connectivity index (χ0n) is 18.2. The van der Waals surface area contributed by atoms with Crippen molar-refractivity contribution < 1.29 is 9.21 Å². The van der Waals surface area contributed by atoms with Crippen molar-refractivity contribution in [2.45, 2.75) is 36.8 Å². The number of thioether (sulfide) groups is 1. The van der Waals surface area contributed by atoms with Crippen LogP contribution in [0.4, 0.5) is 0 Å². The van der Waals surface area contributed by atoms with Crippen LogP contribution in [0.5, 0.6) is 0 Å². The number of allylic oxidation sites excluding steroid dienone is 1. The largest absolute Gasteiger partial charge is 0.464 e. The molecule has 168 valence electrons. The number of hydrogen-bond donors (Lipinski definition) is 0. The second kappa shape index (κ2) is 9.03. The van der Waals surface area contributed by atoms with Gasteiger partial charge in [0.25, 0.3) is 5.56 Å². The van der Waals surface area contributed by atoms with E-state index >= 15 is 0 Å². The van der Waals surface area contributed by atoms with Gasteiger partial charge >= 0.3 is 0 Å². The van der Waals surface area contributed by atoms with Gasteiger partial charge in [-0.25, -0.2) is 4.98 Å². The number of rotatable bonds is 6. The molecule has 6 nitrogen and oxygen atoms in total. The third-order valence-electron chi connectivity index (χ3n) is 5.83. The van der Waals surface area contributed by atoms with E-state index in [1.807, 2.05) is 35.4 Å². The van der Waals surface area contributed by atoms with Crippen LogP contribution in [0.15, 0.2) is 75.1 Å². The van der Waals surface area contributed by atoms with Gasteiger partial charge in [0.05, 0.1) is 16.9 Å². The van der Waals surface area contributed by atoms with Crippen molar-refractivity contribution in [3.63, 3.8) is 0 Å². The number of thiophene rings is 1. The van der Waals surface area contributed by atoms with Crippen LogP contribution in [-0.4, -0.2) is 32.2 Å². The molecule has 5 rings (SSSR count). The zero-order chi connectivity index (χ0) is 22.9. The standard InChI is InChI=1S/C25H23N3O3S2/c1-3-11-28-24(30)21-19(20-9-6-13-31-20)15-32-22(21)26-25(28)33-16(2)23(29)27-12-10-17-7-4-5-8-18(17)14-27/h3-9,13,15-16H,1,10-12,14H2,2H3/t16-/m0/s1. The molecule has 1 aliphatic rings. The van der Waals surface area contributed by atoms with Crippen molar-refractivity contribution in [3.05, 3.63) is 82.2 Å². The summed E-state index contributed by atoms with van der Waals surface area (Å²) in [5.41, 5.74) is 3.09. The summed E-state index contributed by atoms with van der Waals surface area (Å²) in [6.45, 7) is 7.31. The third-order valence-corrected chi connectivity index (χ3v) is 7.78. The average molecular weight is 478 g/mol. The van der Waals surface area contributed by atoms with Gasteiger partial charge in [-0.3, -0.25) is 14.2 Å². The molecule has 0 unspecified atom stereocenters. The molecule has 0 bridgehead atoms. The summed E-state index contributed by atoms with van der Waals surface area (Å²) in [5, 5.41) is 2.58. The second-order valence-electron chi connectivity index (χ2n) is 7.94. The van der Waals surface area contributed by atoms with Crippen molar-refractivity contribution in [2.24, 2.45) is 0 Å². The SMILES string of the molecule is C=CCn1c(S[C@@H](C)C(=O)N2CCc3ccccc3C2)nc2scc(-c3ccco3)c2c1=O. The highest BCUT2D eigenvalue weighted by Crippen LogP contribution is 2.33. The van der Waals surface area contributed by atoms with Gasteiger partial charge in [0, 0.05) is 30.6 Å². The third kappa shape index (κ3) is 4.05. The fourth-order valence-corrected chi connectivity index (χ4v) is 6.12. The number of hydrogen-bond acceptors (Lipinski definition) is 6. The highest BCUT2D eigenvalue weighted by molar-refractivity contribution is 8.00. The molecule has 1 atom stereocenters. The van der Waals surface area contributed by atoms with Crippen LogP contribution in [0.1, 0.15) is 18.1 Å². The highest BCUT2D eigenvalue weighted by atomic mass is 32.2. The fourth-order valence-electron chi connectivity index (χ4n) is 4.15. The van der Waals surface area contributed by atoms with Crippen LogP contribution in [0.25, 0.3) is 21.5 Å². The summed E-state index contributed by atoms with van der Waals surface area (Å²) in [6, 6.07) is 11.9. The molecule has 0 spiro atoms. The number of carbonyl (C=O) groups excluding carboxylic acids is 1. The Hall–Kier alpha value is -3.10. The predicted molar refractivity (Wildman–Crippen MR) is 133 cm³/mol. The predicted octanol–water partition coefficient (Wildman–Crippen LogP) is 4.97. The molecule has 0 N–H and O–H groups in total. The quantitative estimate of drug-likeness (QED) is 0.223. The van der Waals surface area contributed by atoms with Gasteiger partial charge in [-0.1, -0.05) is 42.1 Å². The molecule has 1 aromatic carbocycles. The van der Waals surface area contributed by atoms with E-state index in [0.717, 1.165) is 12.0 Å². The second-order valence-corrected chi connectivity index (χ2v) is 10.1. The number of nitrogens with zero attached hydrogens (tertiary/aromatic N) is 3. The van der Waals surface area contributed by atoms with Crippen LogP contribution >= 0.6 is 23.1 Å². The fraction of sp³-hybridized carbons (Fsp3) is 0.240. The van der Waals surface area contributed by atoms with E-state index in [1.165, 1.54) is 34.2 Å². The van der Waals surface area contributed by atoms with Crippen molar-refractivity contribution in [2.75, 3.05) is 6.54 Å². The van der Waals surface area contributed by atoms with Gasteiger partial charge < -0.3 is 9.32 Å². The Kier molecular flexibility index (Phi) is 5.95. The summed E-state index contributed by atoms with van der Waals surface area (Å²) in [7, 11) is 0. The molecule has 3 aromatic heterocycles. The molecule has 33 heavy (non-hydrogen) atoms. The Labute approximate surface area is 199 Å². The molecule has 0 aliphatic carbocycles. The van der Waals surface area contributed by atoms with E-state index in [-0.39, 0.29) is 16.7 Å². The Balaban J connectivity index is 1.44. The van der Waals surface area contributed by atoms with Gasteiger partial charge in [0.2, 0.25) is 5.91 Å². The molecule has 1 amide bonds. The first-order valence-corrected chi connectivity index (χ1v) is 12.5. The van der Waals surface area contributed by atoms with Crippen LogP contribution in [-0.2, 0) is 24.3 Å². The summed E-state index contributed by atoms with van der Waals surface area (Å²) in [6.07, 6.45) is 4.12. The van der Waals surface area contributed by atoms with Crippen molar-refractivity contribution in [1.82, 2.24) is 14.5 Å². The lowest BCUT2D eigenvalue weighted by molar-refractivity contribution is -0.131. The van der Waals surface area contributed by atoms with E-state index in [2.05, 4.69) is 18.7 Å². The Morgan fingerprint density at radius 3 is 2.88 bits per heavy atom. The lowest BCUT2D eigenvalue weighted by Gasteiger charge is -2.30. The van der Waals surface area contributed by atoms with Crippen LogP contribution < -0.4 is 5.56 Å². The maximum Gasteiger partial charge on any atom is 0.263 e. The molecule has 8 heteroatoms. The maximum atomic E-state index is 13.4. The smallest absolute Gasteiger partial charge is 0.263 e. The number of fused-ring (bicyclic) bond motifs is 2. The topological polar surface area (TPSA) is 68.3 Å². The lowest BCUT2D eigenvalue weighted by atomic mass is 10.00. The van der Waals surface area contributed by atoms with Crippen LogP contribution in [0.3, 0.4) is 0 Å². The van der Waals surface area contributed by atoms with Gasteiger partial charge in [-0.05, 0) is 36.6 Å². The molecular weight excluding hydrogens is 454 g/mol. The molecule has 4 heterocycles. The average Bonchev–Trinajstić information content (AvgIpc) is 3.50. The Morgan fingerprint density at radius 2 is 2.12 bits per heavy atom. The summed E-state index contributed by atoms with van der Waals surface area (Å²) in [5.74, 6) is 0.691. The monoisotopic (exact) mass is 477 g/mol. The molecule has 0 saturated carbocycles. The number of furan rings is 1. The van der Waals surface area contributed by atoms with Gasteiger partial charge in [0.1, 0.15) is 10.6 Å².